The molecule has 0 atom stereocenters. The quantitative estimate of drug-likeness (QED) is 0.874. The molecule has 0 aliphatic rings. The zero-order valence-corrected chi connectivity index (χ0v) is 11.3. The summed E-state index contributed by atoms with van der Waals surface area (Å²) in [4.78, 5) is 4.22. The van der Waals surface area contributed by atoms with Crippen LogP contribution in [0.15, 0.2) is 31.0 Å². The highest BCUT2D eigenvalue weighted by molar-refractivity contribution is 4.98. The first kappa shape index (κ1) is 12.8. The molecule has 1 N–H and O–H groups in total. The molecule has 0 saturated heterocycles. The van der Waals surface area contributed by atoms with E-state index in [0.29, 0.717) is 0 Å². The van der Waals surface area contributed by atoms with E-state index in [1.165, 1.54) is 5.69 Å². The Morgan fingerprint density at radius 3 is 2.78 bits per heavy atom. The fourth-order valence-corrected chi connectivity index (χ4v) is 1.70. The third-order valence-corrected chi connectivity index (χ3v) is 2.73. The van der Waals surface area contributed by atoms with Crippen LogP contribution in [0.3, 0.4) is 0 Å². The smallest absolute Gasteiger partial charge is 0.0949 e. The molecule has 18 heavy (non-hydrogen) atoms. The van der Waals surface area contributed by atoms with Crippen molar-refractivity contribution in [1.82, 2.24) is 24.6 Å². The highest BCUT2D eigenvalue weighted by Crippen LogP contribution is 2.04. The van der Waals surface area contributed by atoms with Crippen LogP contribution in [0.4, 0.5) is 0 Å². The van der Waals surface area contributed by atoms with Crippen molar-refractivity contribution in [3.8, 4) is 0 Å². The Bertz CT molecular complexity index is 464. The molecule has 0 saturated carbocycles. The molecule has 0 aliphatic heterocycles. The van der Waals surface area contributed by atoms with Crippen LogP contribution in [0, 0.1) is 0 Å². The number of aryl methyl sites for hydroxylation is 2. The van der Waals surface area contributed by atoms with Gasteiger partial charge >= 0.3 is 0 Å². The van der Waals surface area contributed by atoms with Gasteiger partial charge in [0.05, 0.1) is 18.6 Å². The summed E-state index contributed by atoms with van der Waals surface area (Å²) in [5.41, 5.74) is 1.33. The molecule has 5 nitrogen and oxygen atoms in total. The van der Waals surface area contributed by atoms with Gasteiger partial charge in [0.2, 0.25) is 0 Å². The molecule has 0 aromatic carbocycles. The van der Waals surface area contributed by atoms with Gasteiger partial charge in [-0.1, -0.05) is 0 Å². The Morgan fingerprint density at radius 2 is 2.11 bits per heavy atom. The molecule has 98 valence electrons. The average molecular weight is 247 g/mol. The van der Waals surface area contributed by atoms with Crippen LogP contribution in [-0.4, -0.2) is 24.9 Å². The first-order valence-corrected chi connectivity index (χ1v) is 6.26. The lowest BCUT2D eigenvalue weighted by Gasteiger charge is -2.21. The lowest BCUT2D eigenvalue weighted by atomic mass is 10.1. The van der Waals surface area contributed by atoms with E-state index < -0.39 is 0 Å². The van der Waals surface area contributed by atoms with Crippen LogP contribution >= 0.6 is 0 Å². The Kier molecular flexibility index (Phi) is 3.81. The van der Waals surface area contributed by atoms with E-state index in [9.17, 15) is 0 Å². The first-order valence-electron chi connectivity index (χ1n) is 6.26. The molecule has 2 aromatic heterocycles. The van der Waals surface area contributed by atoms with Crippen LogP contribution < -0.4 is 5.32 Å². The minimum absolute atomic E-state index is 0.122. The highest BCUT2D eigenvalue weighted by Gasteiger charge is 2.10. The highest BCUT2D eigenvalue weighted by atomic mass is 15.3. The van der Waals surface area contributed by atoms with Crippen molar-refractivity contribution in [3.63, 3.8) is 0 Å². The van der Waals surface area contributed by atoms with Gasteiger partial charge in [-0.25, -0.2) is 4.98 Å². The molecule has 0 fully saturated rings. The summed E-state index contributed by atoms with van der Waals surface area (Å²) in [6, 6.07) is 1.94. The molecule has 0 amide bonds. The lowest BCUT2D eigenvalue weighted by Crippen LogP contribution is -2.35. The second-order valence-corrected chi connectivity index (χ2v) is 5.45. The second kappa shape index (κ2) is 5.35. The molecule has 5 heteroatoms. The first-order chi connectivity index (χ1) is 8.54. The molecular formula is C13H21N5. The molecule has 0 unspecified atom stereocenters. The molecule has 2 rings (SSSR count). The second-order valence-electron chi connectivity index (χ2n) is 5.45. The summed E-state index contributed by atoms with van der Waals surface area (Å²) in [6.07, 6.45) is 7.57. The maximum absolute atomic E-state index is 4.22. The van der Waals surface area contributed by atoms with Gasteiger partial charge in [0.25, 0.3) is 0 Å². The Hall–Kier alpha value is -1.62. The molecule has 2 aromatic rings. The van der Waals surface area contributed by atoms with Gasteiger partial charge < -0.3 is 9.88 Å². The van der Waals surface area contributed by atoms with Gasteiger partial charge in [-0.3, -0.25) is 4.68 Å². The minimum Gasteiger partial charge on any atom is -0.332 e. The Morgan fingerprint density at radius 1 is 1.28 bits per heavy atom. The maximum Gasteiger partial charge on any atom is 0.0949 e. The molecule has 0 bridgehead atoms. The largest absolute Gasteiger partial charge is 0.332 e. The normalized spacial score (nSPS) is 11.9. The van der Waals surface area contributed by atoms with Crippen LogP contribution in [0.5, 0.6) is 0 Å². The third kappa shape index (κ3) is 3.70. The SMILES string of the molecule is CC(C)(C)NCc1cncn1CCn1cccn1. The Balaban J connectivity index is 1.91. The minimum atomic E-state index is 0.122. The summed E-state index contributed by atoms with van der Waals surface area (Å²) >= 11 is 0. The van der Waals surface area contributed by atoms with E-state index in [4.69, 9.17) is 0 Å². The van der Waals surface area contributed by atoms with Crippen LogP contribution in [0.1, 0.15) is 26.5 Å². The molecule has 0 radical (unpaired) electrons. The van der Waals surface area contributed by atoms with Crippen molar-refractivity contribution in [2.45, 2.75) is 45.9 Å². The summed E-state index contributed by atoms with van der Waals surface area (Å²) in [7, 11) is 0. The van der Waals surface area contributed by atoms with E-state index in [-0.39, 0.29) is 5.54 Å². The lowest BCUT2D eigenvalue weighted by molar-refractivity contribution is 0.412. The van der Waals surface area contributed by atoms with E-state index in [1.54, 1.807) is 6.20 Å². The summed E-state index contributed by atoms with van der Waals surface area (Å²) in [5.74, 6) is 0. The van der Waals surface area contributed by atoms with E-state index >= 15 is 0 Å². The Labute approximate surface area is 108 Å². The number of rotatable bonds is 5. The van der Waals surface area contributed by atoms with Gasteiger partial charge in [0.1, 0.15) is 0 Å². The number of imidazole rings is 1. The van der Waals surface area contributed by atoms with E-state index in [2.05, 4.69) is 40.7 Å². The molecule has 0 aliphatic carbocycles. The molecule has 0 spiro atoms. The fraction of sp³-hybridized carbons (Fsp3) is 0.538. The van der Waals surface area contributed by atoms with Gasteiger partial charge in [-0.15, -0.1) is 0 Å². The molecular weight excluding hydrogens is 226 g/mol. The fourth-order valence-electron chi connectivity index (χ4n) is 1.70. The predicted molar refractivity (Wildman–Crippen MR) is 71.0 cm³/mol. The van der Waals surface area contributed by atoms with Crippen molar-refractivity contribution < 1.29 is 0 Å². The standard InChI is InChI=1S/C13H21N5/c1-13(2,3)15-10-12-9-14-11-17(12)7-8-18-6-4-5-16-18/h4-6,9,11,15H,7-8,10H2,1-3H3. The van der Waals surface area contributed by atoms with Crippen LogP contribution in [-0.2, 0) is 19.6 Å². The predicted octanol–water partition coefficient (Wildman–Crippen LogP) is 1.67. The number of nitrogens with one attached hydrogen (secondary N) is 1. The number of aromatic nitrogens is 4. The number of nitrogens with zero attached hydrogens (tertiary/aromatic N) is 4. The topological polar surface area (TPSA) is 47.7 Å². The van der Waals surface area contributed by atoms with E-state index in [0.717, 1.165) is 19.6 Å². The van der Waals surface area contributed by atoms with Crippen LogP contribution in [0.25, 0.3) is 0 Å². The monoisotopic (exact) mass is 247 g/mol. The third-order valence-electron chi connectivity index (χ3n) is 2.73. The molecule has 2 heterocycles. The van der Waals surface area contributed by atoms with Gasteiger partial charge in [-0.05, 0) is 26.8 Å². The number of hydrogen-bond acceptors (Lipinski definition) is 3. The van der Waals surface area contributed by atoms with Crippen molar-refractivity contribution >= 4 is 0 Å². The van der Waals surface area contributed by atoms with Crippen molar-refractivity contribution in [2.24, 2.45) is 0 Å². The van der Waals surface area contributed by atoms with Gasteiger partial charge in [0, 0.05) is 37.2 Å². The van der Waals surface area contributed by atoms with Crippen LogP contribution in [0.2, 0.25) is 0 Å². The zero-order valence-electron chi connectivity index (χ0n) is 11.3. The summed E-state index contributed by atoms with van der Waals surface area (Å²) in [6.45, 7) is 9.09. The van der Waals surface area contributed by atoms with Crippen molar-refractivity contribution in [3.05, 3.63) is 36.7 Å². The summed E-state index contributed by atoms with van der Waals surface area (Å²) in [5, 5.41) is 7.67. The summed E-state index contributed by atoms with van der Waals surface area (Å²) < 4.78 is 4.10. The van der Waals surface area contributed by atoms with E-state index in [1.807, 2.05) is 29.5 Å². The average Bonchev–Trinajstić information content (AvgIpc) is 2.94. The van der Waals surface area contributed by atoms with Gasteiger partial charge in [-0.2, -0.15) is 5.10 Å². The maximum atomic E-state index is 4.22. The van der Waals surface area contributed by atoms with Crippen molar-refractivity contribution in [1.29, 1.82) is 0 Å². The number of hydrogen-bond donors (Lipinski definition) is 1. The van der Waals surface area contributed by atoms with Gasteiger partial charge in [0.15, 0.2) is 0 Å². The zero-order chi connectivity index (χ0) is 13.0. The van der Waals surface area contributed by atoms with Crippen molar-refractivity contribution in [2.75, 3.05) is 0 Å².